The molecule has 2 aromatic heterocycles. The molecule has 2 aromatic rings. The van der Waals surface area contributed by atoms with E-state index >= 15 is 0 Å². The predicted molar refractivity (Wildman–Crippen MR) is 62.7 cm³/mol. The summed E-state index contributed by atoms with van der Waals surface area (Å²) in [5.74, 6) is 0. The maximum absolute atomic E-state index is 9.90. The van der Waals surface area contributed by atoms with Crippen LogP contribution in [0.4, 0.5) is 0 Å². The molecule has 0 aromatic carbocycles. The molecule has 3 nitrogen and oxygen atoms in total. The van der Waals surface area contributed by atoms with E-state index in [1.165, 1.54) is 0 Å². The van der Waals surface area contributed by atoms with Gasteiger partial charge in [-0.05, 0) is 27.4 Å². The normalized spacial score (nSPS) is 12.7. The Morgan fingerprint density at radius 3 is 2.93 bits per heavy atom. The molecule has 1 unspecified atom stereocenters. The molecule has 0 fully saturated rings. The van der Waals surface area contributed by atoms with Gasteiger partial charge in [0.15, 0.2) is 0 Å². The molecule has 2 rings (SSSR count). The summed E-state index contributed by atoms with van der Waals surface area (Å²) in [7, 11) is 0. The van der Waals surface area contributed by atoms with E-state index in [-0.39, 0.29) is 0 Å². The van der Waals surface area contributed by atoms with Crippen LogP contribution in [0.2, 0.25) is 0 Å². The van der Waals surface area contributed by atoms with Gasteiger partial charge in [-0.15, -0.1) is 11.3 Å². The summed E-state index contributed by atoms with van der Waals surface area (Å²) in [6.45, 7) is 0. The van der Waals surface area contributed by atoms with Crippen molar-refractivity contribution in [2.45, 2.75) is 12.5 Å². The highest BCUT2D eigenvalue weighted by atomic mass is 79.9. The third kappa shape index (κ3) is 2.62. The van der Waals surface area contributed by atoms with Crippen LogP contribution in [-0.4, -0.2) is 15.1 Å². The number of halogens is 1. The fourth-order valence-electron chi connectivity index (χ4n) is 1.23. The quantitative estimate of drug-likeness (QED) is 0.942. The molecule has 0 amide bonds. The molecule has 0 aliphatic heterocycles. The highest BCUT2D eigenvalue weighted by Crippen LogP contribution is 2.27. The van der Waals surface area contributed by atoms with Gasteiger partial charge in [0.05, 0.1) is 11.9 Å². The third-order valence-corrected chi connectivity index (χ3v) is 3.94. The van der Waals surface area contributed by atoms with Gasteiger partial charge in [-0.1, -0.05) is 0 Å². The van der Waals surface area contributed by atoms with Crippen molar-refractivity contribution in [2.24, 2.45) is 0 Å². The van der Waals surface area contributed by atoms with Crippen LogP contribution in [0, 0.1) is 0 Å². The van der Waals surface area contributed by atoms with E-state index in [1.54, 1.807) is 29.9 Å². The first-order valence-corrected chi connectivity index (χ1v) is 6.10. The van der Waals surface area contributed by atoms with Gasteiger partial charge in [-0.2, -0.15) is 0 Å². The third-order valence-electron chi connectivity index (χ3n) is 1.99. The molecule has 0 bridgehead atoms. The molecule has 0 spiro atoms. The maximum Gasteiger partial charge on any atom is 0.102 e. The van der Waals surface area contributed by atoms with E-state index < -0.39 is 6.10 Å². The number of hydrogen-bond donors (Lipinski definition) is 1. The molecule has 78 valence electrons. The Bertz CT molecular complexity index is 432. The number of nitrogens with zero attached hydrogens (tertiary/aromatic N) is 2. The van der Waals surface area contributed by atoms with Crippen LogP contribution >= 0.6 is 27.3 Å². The summed E-state index contributed by atoms with van der Waals surface area (Å²) in [5.41, 5.74) is 0.609. The molecule has 0 radical (unpaired) electrons. The Morgan fingerprint density at radius 2 is 2.33 bits per heavy atom. The second kappa shape index (κ2) is 4.83. The highest BCUT2D eigenvalue weighted by molar-refractivity contribution is 9.10. The highest BCUT2D eigenvalue weighted by Gasteiger charge is 2.12. The van der Waals surface area contributed by atoms with Gasteiger partial charge in [-0.25, -0.2) is 0 Å². The van der Waals surface area contributed by atoms with Crippen LogP contribution < -0.4 is 0 Å². The van der Waals surface area contributed by atoms with Crippen molar-refractivity contribution in [1.29, 1.82) is 0 Å². The Morgan fingerprint density at radius 1 is 1.47 bits per heavy atom. The van der Waals surface area contributed by atoms with Crippen molar-refractivity contribution in [3.63, 3.8) is 0 Å². The summed E-state index contributed by atoms with van der Waals surface area (Å²) in [4.78, 5) is 9.11. The average Bonchev–Trinajstić information content (AvgIpc) is 2.66. The van der Waals surface area contributed by atoms with E-state index in [0.717, 1.165) is 9.35 Å². The molecule has 0 aliphatic carbocycles. The Hall–Kier alpha value is -0.780. The van der Waals surface area contributed by atoms with Crippen molar-refractivity contribution in [2.75, 3.05) is 0 Å². The van der Waals surface area contributed by atoms with Crippen molar-refractivity contribution in [3.05, 3.63) is 45.1 Å². The molecule has 0 saturated heterocycles. The summed E-state index contributed by atoms with van der Waals surface area (Å²) in [5, 5.41) is 11.9. The van der Waals surface area contributed by atoms with Crippen LogP contribution in [0.5, 0.6) is 0 Å². The smallest absolute Gasteiger partial charge is 0.102 e. The van der Waals surface area contributed by atoms with Gasteiger partial charge in [0.25, 0.3) is 0 Å². The number of aliphatic hydroxyl groups excluding tert-OH is 1. The fraction of sp³-hybridized carbons (Fsp3) is 0.200. The van der Waals surface area contributed by atoms with Crippen molar-refractivity contribution >= 4 is 27.3 Å². The molecule has 15 heavy (non-hydrogen) atoms. The van der Waals surface area contributed by atoms with Crippen LogP contribution in [0.1, 0.15) is 16.7 Å². The van der Waals surface area contributed by atoms with Crippen molar-refractivity contribution < 1.29 is 5.11 Å². The number of aromatic nitrogens is 2. The summed E-state index contributed by atoms with van der Waals surface area (Å²) >= 11 is 5.05. The Kier molecular flexibility index (Phi) is 3.45. The van der Waals surface area contributed by atoms with Gasteiger partial charge in [0, 0.05) is 28.2 Å². The molecule has 1 atom stereocenters. The minimum absolute atomic E-state index is 0.566. The van der Waals surface area contributed by atoms with Crippen LogP contribution in [-0.2, 0) is 6.42 Å². The standard InChI is InChI=1S/C10H9BrN2OS/c11-7-1-4-15-10(7)5-9(14)8-6-12-2-3-13-8/h1-4,6,9,14H,5H2. The molecular formula is C10H9BrN2OS. The maximum atomic E-state index is 9.90. The van der Waals surface area contributed by atoms with Gasteiger partial charge in [0.1, 0.15) is 6.10 Å². The Labute approximate surface area is 100.0 Å². The minimum atomic E-state index is -0.589. The zero-order chi connectivity index (χ0) is 10.7. The van der Waals surface area contributed by atoms with Crippen molar-refractivity contribution in [3.8, 4) is 0 Å². The van der Waals surface area contributed by atoms with E-state index in [2.05, 4.69) is 25.9 Å². The van der Waals surface area contributed by atoms with E-state index in [4.69, 9.17) is 0 Å². The number of thiophene rings is 1. The average molecular weight is 285 g/mol. The molecule has 0 aliphatic rings. The second-order valence-corrected chi connectivity index (χ2v) is 4.90. The van der Waals surface area contributed by atoms with Gasteiger partial charge in [0.2, 0.25) is 0 Å². The monoisotopic (exact) mass is 284 g/mol. The van der Waals surface area contributed by atoms with E-state index in [1.807, 2.05) is 11.4 Å². The summed E-state index contributed by atoms with van der Waals surface area (Å²) in [6, 6.07) is 1.98. The molecule has 2 heterocycles. The first-order chi connectivity index (χ1) is 7.27. The van der Waals surface area contributed by atoms with E-state index in [0.29, 0.717) is 12.1 Å². The lowest BCUT2D eigenvalue weighted by Crippen LogP contribution is -2.03. The van der Waals surface area contributed by atoms with Gasteiger partial charge < -0.3 is 5.11 Å². The van der Waals surface area contributed by atoms with Crippen LogP contribution in [0.25, 0.3) is 0 Å². The molecular weight excluding hydrogens is 276 g/mol. The predicted octanol–water partition coefficient (Wildman–Crippen LogP) is 2.58. The largest absolute Gasteiger partial charge is 0.386 e. The number of hydrogen-bond acceptors (Lipinski definition) is 4. The zero-order valence-electron chi connectivity index (χ0n) is 7.80. The number of aliphatic hydroxyl groups is 1. The topological polar surface area (TPSA) is 46.0 Å². The SMILES string of the molecule is OC(Cc1sccc1Br)c1cnccn1. The summed E-state index contributed by atoms with van der Waals surface area (Å²) in [6.07, 6.45) is 4.75. The lowest BCUT2D eigenvalue weighted by atomic mass is 10.2. The zero-order valence-corrected chi connectivity index (χ0v) is 10.2. The number of rotatable bonds is 3. The van der Waals surface area contributed by atoms with E-state index in [9.17, 15) is 5.11 Å². The molecule has 1 N–H and O–H groups in total. The minimum Gasteiger partial charge on any atom is -0.386 e. The van der Waals surface area contributed by atoms with Gasteiger partial charge in [-0.3, -0.25) is 9.97 Å². The lowest BCUT2D eigenvalue weighted by molar-refractivity contribution is 0.174. The Balaban J connectivity index is 2.11. The molecule has 0 saturated carbocycles. The first-order valence-electron chi connectivity index (χ1n) is 4.43. The van der Waals surface area contributed by atoms with Gasteiger partial charge >= 0.3 is 0 Å². The molecule has 5 heteroatoms. The fourth-order valence-corrected chi connectivity index (χ4v) is 2.79. The van der Waals surface area contributed by atoms with Crippen LogP contribution in [0.3, 0.4) is 0 Å². The summed E-state index contributed by atoms with van der Waals surface area (Å²) < 4.78 is 1.04. The second-order valence-electron chi connectivity index (χ2n) is 3.04. The first kappa shape index (κ1) is 10.7. The van der Waals surface area contributed by atoms with Crippen molar-refractivity contribution in [1.82, 2.24) is 9.97 Å². The lowest BCUT2D eigenvalue weighted by Gasteiger charge is -2.07. The van der Waals surface area contributed by atoms with Crippen LogP contribution in [0.15, 0.2) is 34.5 Å².